The lowest BCUT2D eigenvalue weighted by Gasteiger charge is -2.37. The first-order valence-corrected chi connectivity index (χ1v) is 7.93. The molecule has 3 rings (SSSR count). The third kappa shape index (κ3) is 2.75. The second-order valence-electron chi connectivity index (χ2n) is 5.79. The van der Waals surface area contributed by atoms with Crippen molar-refractivity contribution < 1.29 is 9.21 Å². The summed E-state index contributed by atoms with van der Waals surface area (Å²) >= 11 is 0. The quantitative estimate of drug-likeness (QED) is 0.940. The van der Waals surface area contributed by atoms with Gasteiger partial charge >= 0.3 is 6.03 Å². The minimum absolute atomic E-state index is 0.0139. The third-order valence-electron chi connectivity index (χ3n) is 4.33. The van der Waals surface area contributed by atoms with E-state index in [1.807, 2.05) is 17.0 Å². The van der Waals surface area contributed by atoms with Gasteiger partial charge in [-0.15, -0.1) is 0 Å². The zero-order chi connectivity index (χ0) is 15.5. The number of hydrogen-bond acceptors (Lipinski definition) is 2. The van der Waals surface area contributed by atoms with Crippen molar-refractivity contribution in [2.24, 2.45) is 0 Å². The Morgan fingerprint density at radius 1 is 1.36 bits per heavy atom. The Labute approximate surface area is 130 Å². The maximum atomic E-state index is 12.6. The number of furan rings is 1. The summed E-state index contributed by atoms with van der Waals surface area (Å²) in [6, 6.07) is 8.14. The van der Waals surface area contributed by atoms with Crippen LogP contribution in [0.25, 0.3) is 0 Å². The molecule has 3 heterocycles. The Bertz CT molecular complexity index is 630. The van der Waals surface area contributed by atoms with Gasteiger partial charge in [-0.2, -0.15) is 0 Å². The van der Waals surface area contributed by atoms with Gasteiger partial charge in [-0.1, -0.05) is 13.3 Å². The van der Waals surface area contributed by atoms with Crippen molar-refractivity contribution >= 4 is 6.03 Å². The number of amides is 2. The highest BCUT2D eigenvalue weighted by Crippen LogP contribution is 2.31. The lowest BCUT2D eigenvalue weighted by molar-refractivity contribution is 0.149. The molecule has 1 unspecified atom stereocenters. The summed E-state index contributed by atoms with van der Waals surface area (Å²) in [6.07, 6.45) is 3.66. The number of aromatic nitrogens is 1. The number of rotatable bonds is 4. The Balaban J connectivity index is 1.73. The van der Waals surface area contributed by atoms with Crippen molar-refractivity contribution in [2.45, 2.75) is 45.8 Å². The molecular formula is C17H23N3O2. The molecule has 5 nitrogen and oxygen atoms in total. The van der Waals surface area contributed by atoms with E-state index in [1.165, 1.54) is 11.4 Å². The van der Waals surface area contributed by atoms with Crippen LogP contribution >= 0.6 is 0 Å². The van der Waals surface area contributed by atoms with Crippen molar-refractivity contribution in [3.05, 3.63) is 47.7 Å². The average molecular weight is 301 g/mol. The van der Waals surface area contributed by atoms with Crippen molar-refractivity contribution in [2.75, 3.05) is 6.54 Å². The summed E-state index contributed by atoms with van der Waals surface area (Å²) < 4.78 is 7.60. The van der Waals surface area contributed by atoms with Crippen LogP contribution in [0.3, 0.4) is 0 Å². The molecule has 0 aliphatic carbocycles. The second kappa shape index (κ2) is 6.30. The van der Waals surface area contributed by atoms with Crippen LogP contribution in [-0.4, -0.2) is 22.0 Å². The van der Waals surface area contributed by atoms with Crippen LogP contribution in [0.4, 0.5) is 4.79 Å². The lowest BCUT2D eigenvalue weighted by Crippen LogP contribution is -2.46. The minimum Gasteiger partial charge on any atom is -0.467 e. The van der Waals surface area contributed by atoms with E-state index < -0.39 is 0 Å². The molecule has 0 spiro atoms. The highest BCUT2D eigenvalue weighted by atomic mass is 16.3. The fourth-order valence-corrected chi connectivity index (χ4v) is 3.21. The maximum Gasteiger partial charge on any atom is 0.318 e. The predicted octanol–water partition coefficient (Wildman–Crippen LogP) is 3.46. The standard InChI is InChI=1S/C17H23N3O2/c1-3-5-15-16-8-7-13(2)19(16)9-10-20(15)17(21)18-12-14-6-4-11-22-14/h4,6-8,11,15H,3,5,9-10,12H2,1-2H3,(H,18,21). The van der Waals surface area contributed by atoms with Gasteiger partial charge in [-0.3, -0.25) is 0 Å². The first kappa shape index (κ1) is 14.8. The molecule has 0 aromatic carbocycles. The van der Waals surface area contributed by atoms with Gasteiger partial charge in [0.1, 0.15) is 5.76 Å². The highest BCUT2D eigenvalue weighted by Gasteiger charge is 2.30. The Morgan fingerprint density at radius 3 is 2.95 bits per heavy atom. The van der Waals surface area contributed by atoms with Crippen LogP contribution in [0.5, 0.6) is 0 Å². The van der Waals surface area contributed by atoms with Gasteiger partial charge in [0.05, 0.1) is 18.8 Å². The van der Waals surface area contributed by atoms with E-state index in [9.17, 15) is 4.79 Å². The summed E-state index contributed by atoms with van der Waals surface area (Å²) in [7, 11) is 0. The van der Waals surface area contributed by atoms with Crippen LogP contribution in [0.1, 0.15) is 43.0 Å². The number of hydrogen-bond donors (Lipinski definition) is 1. The zero-order valence-corrected chi connectivity index (χ0v) is 13.2. The van der Waals surface area contributed by atoms with Gasteiger partial charge in [-0.25, -0.2) is 4.79 Å². The molecule has 5 heteroatoms. The summed E-state index contributed by atoms with van der Waals surface area (Å²) in [5.41, 5.74) is 2.52. The van der Waals surface area contributed by atoms with E-state index in [0.717, 1.165) is 31.7 Å². The number of nitrogens with one attached hydrogen (secondary N) is 1. The zero-order valence-electron chi connectivity index (χ0n) is 13.2. The van der Waals surface area contributed by atoms with Crippen LogP contribution in [0.2, 0.25) is 0 Å². The van der Waals surface area contributed by atoms with Gasteiger partial charge in [0.15, 0.2) is 0 Å². The summed E-state index contributed by atoms with van der Waals surface area (Å²) in [5, 5.41) is 2.96. The van der Waals surface area contributed by atoms with Crippen LogP contribution < -0.4 is 5.32 Å². The number of nitrogens with zero attached hydrogens (tertiary/aromatic N) is 2. The van der Waals surface area contributed by atoms with E-state index in [2.05, 4.69) is 35.9 Å². The number of urea groups is 1. The molecule has 2 aromatic heterocycles. The van der Waals surface area contributed by atoms with Crippen molar-refractivity contribution in [1.29, 1.82) is 0 Å². The molecule has 1 aliphatic rings. The number of carbonyl (C=O) groups is 1. The van der Waals surface area contributed by atoms with Gasteiger partial charge < -0.3 is 19.2 Å². The number of carbonyl (C=O) groups excluding carboxylic acids is 1. The van der Waals surface area contributed by atoms with E-state index in [1.54, 1.807) is 6.26 Å². The van der Waals surface area contributed by atoms with Crippen LogP contribution in [0, 0.1) is 6.92 Å². The molecule has 0 saturated carbocycles. The van der Waals surface area contributed by atoms with Gasteiger partial charge in [0.2, 0.25) is 0 Å². The first-order chi connectivity index (χ1) is 10.7. The summed E-state index contributed by atoms with van der Waals surface area (Å²) in [6.45, 7) is 6.33. The van der Waals surface area contributed by atoms with Gasteiger partial charge in [-0.05, 0) is 37.6 Å². The largest absolute Gasteiger partial charge is 0.467 e. The fraction of sp³-hybridized carbons (Fsp3) is 0.471. The molecule has 1 N–H and O–H groups in total. The third-order valence-corrected chi connectivity index (χ3v) is 4.33. The van der Waals surface area contributed by atoms with E-state index in [0.29, 0.717) is 6.54 Å². The average Bonchev–Trinajstić information content (AvgIpc) is 3.16. The molecular weight excluding hydrogens is 278 g/mol. The second-order valence-corrected chi connectivity index (χ2v) is 5.79. The molecule has 22 heavy (non-hydrogen) atoms. The highest BCUT2D eigenvalue weighted by molar-refractivity contribution is 5.74. The van der Waals surface area contributed by atoms with Crippen LogP contribution in [0.15, 0.2) is 34.9 Å². The molecule has 0 saturated heterocycles. The predicted molar refractivity (Wildman–Crippen MR) is 84.5 cm³/mol. The van der Waals surface area contributed by atoms with Crippen molar-refractivity contribution in [3.8, 4) is 0 Å². The molecule has 2 aromatic rings. The van der Waals surface area contributed by atoms with Gasteiger partial charge in [0, 0.05) is 24.5 Å². The Morgan fingerprint density at radius 2 is 2.23 bits per heavy atom. The monoisotopic (exact) mass is 301 g/mol. The van der Waals surface area contributed by atoms with E-state index in [4.69, 9.17) is 4.42 Å². The number of fused-ring (bicyclic) bond motifs is 1. The molecule has 0 bridgehead atoms. The summed E-state index contributed by atoms with van der Waals surface area (Å²) in [5.74, 6) is 0.775. The normalized spacial score (nSPS) is 17.4. The molecule has 1 aliphatic heterocycles. The van der Waals surface area contributed by atoms with Crippen molar-refractivity contribution in [3.63, 3.8) is 0 Å². The van der Waals surface area contributed by atoms with Crippen LogP contribution in [-0.2, 0) is 13.1 Å². The first-order valence-electron chi connectivity index (χ1n) is 7.93. The maximum absolute atomic E-state index is 12.6. The topological polar surface area (TPSA) is 50.4 Å². The summed E-state index contributed by atoms with van der Waals surface area (Å²) in [4.78, 5) is 14.5. The lowest BCUT2D eigenvalue weighted by atomic mass is 10.0. The van der Waals surface area contributed by atoms with E-state index >= 15 is 0 Å². The molecule has 0 fully saturated rings. The molecule has 1 atom stereocenters. The Hall–Kier alpha value is -2.17. The Kier molecular flexibility index (Phi) is 4.22. The van der Waals surface area contributed by atoms with Gasteiger partial charge in [0.25, 0.3) is 0 Å². The smallest absolute Gasteiger partial charge is 0.318 e. The number of aryl methyl sites for hydroxylation is 1. The fourth-order valence-electron chi connectivity index (χ4n) is 3.21. The van der Waals surface area contributed by atoms with E-state index in [-0.39, 0.29) is 12.1 Å². The molecule has 2 amide bonds. The SMILES string of the molecule is CCCC1c2ccc(C)n2CCN1C(=O)NCc1ccco1. The molecule has 0 radical (unpaired) electrons. The molecule has 118 valence electrons. The van der Waals surface area contributed by atoms with Crippen molar-refractivity contribution in [1.82, 2.24) is 14.8 Å². The minimum atomic E-state index is -0.0139.